The molecule has 1 aliphatic heterocycles. The van der Waals surface area contributed by atoms with E-state index >= 15 is 0 Å². The zero-order chi connectivity index (χ0) is 17.2. The average molecular weight is 337 g/mol. The predicted octanol–water partition coefficient (Wildman–Crippen LogP) is 2.65. The van der Waals surface area contributed by atoms with Gasteiger partial charge in [-0.2, -0.15) is 0 Å². The van der Waals surface area contributed by atoms with Crippen molar-refractivity contribution in [2.24, 2.45) is 11.8 Å². The minimum atomic E-state index is -1.37. The second-order valence-corrected chi connectivity index (χ2v) is 8.04. The number of likely N-dealkylation sites (tertiary alicyclic amines) is 1. The Morgan fingerprint density at radius 1 is 1.08 bits per heavy atom. The third-order valence-electron chi connectivity index (χ3n) is 6.45. The lowest BCUT2D eigenvalue weighted by atomic mass is 9.72. The van der Waals surface area contributed by atoms with E-state index in [2.05, 4.69) is 6.92 Å². The molecule has 3 unspecified atom stereocenters. The van der Waals surface area contributed by atoms with Crippen molar-refractivity contribution < 1.29 is 19.4 Å². The van der Waals surface area contributed by atoms with E-state index in [4.69, 9.17) is 4.74 Å². The van der Waals surface area contributed by atoms with E-state index in [1.54, 1.807) is 0 Å². The minimum Gasteiger partial charge on any atom is -0.453 e. The molecule has 1 amide bonds. The number of carbonyl (C=O) groups excluding carboxylic acids is 2. The number of esters is 1. The number of fused-ring (bicyclic) bond motifs is 1. The Balaban J connectivity index is 1.55. The van der Waals surface area contributed by atoms with Gasteiger partial charge in [0, 0.05) is 12.6 Å². The molecular formula is C19H31NO4. The summed E-state index contributed by atoms with van der Waals surface area (Å²) in [5.74, 6) is 0.562. The number of rotatable bonds is 3. The van der Waals surface area contributed by atoms with Gasteiger partial charge in [-0.05, 0) is 56.8 Å². The fourth-order valence-corrected chi connectivity index (χ4v) is 4.91. The highest BCUT2D eigenvalue weighted by Crippen LogP contribution is 2.38. The van der Waals surface area contributed by atoms with Crippen LogP contribution in [-0.4, -0.2) is 46.7 Å². The van der Waals surface area contributed by atoms with Crippen molar-refractivity contribution >= 4 is 11.9 Å². The Morgan fingerprint density at radius 3 is 2.54 bits per heavy atom. The lowest BCUT2D eigenvalue weighted by Gasteiger charge is -2.47. The molecule has 1 N–H and O–H groups in total. The molecular weight excluding hydrogens is 306 g/mol. The number of aliphatic hydroxyl groups is 1. The van der Waals surface area contributed by atoms with Gasteiger partial charge in [0.1, 0.15) is 0 Å². The van der Waals surface area contributed by atoms with E-state index in [-0.39, 0.29) is 12.5 Å². The molecule has 3 atom stereocenters. The smallest absolute Gasteiger partial charge is 0.338 e. The minimum absolute atomic E-state index is 0.0911. The third kappa shape index (κ3) is 3.61. The summed E-state index contributed by atoms with van der Waals surface area (Å²) in [5, 5.41) is 10.4. The molecule has 0 aromatic rings. The van der Waals surface area contributed by atoms with Gasteiger partial charge in [-0.25, -0.2) is 4.79 Å². The fraction of sp³-hybridized carbons (Fsp3) is 0.895. The lowest BCUT2D eigenvalue weighted by molar-refractivity contribution is -0.173. The van der Waals surface area contributed by atoms with Crippen molar-refractivity contribution in [1.29, 1.82) is 0 Å². The summed E-state index contributed by atoms with van der Waals surface area (Å²) >= 11 is 0. The Hall–Kier alpha value is -1.10. The average Bonchev–Trinajstić information content (AvgIpc) is 2.60. The first-order chi connectivity index (χ1) is 11.5. The van der Waals surface area contributed by atoms with Crippen molar-refractivity contribution in [3.05, 3.63) is 0 Å². The molecule has 3 fully saturated rings. The Morgan fingerprint density at radius 2 is 1.79 bits per heavy atom. The normalized spacial score (nSPS) is 32.8. The van der Waals surface area contributed by atoms with E-state index in [0.29, 0.717) is 30.7 Å². The van der Waals surface area contributed by atoms with Crippen LogP contribution in [0.4, 0.5) is 0 Å². The van der Waals surface area contributed by atoms with E-state index in [9.17, 15) is 14.7 Å². The van der Waals surface area contributed by atoms with Crippen LogP contribution in [0.1, 0.15) is 71.1 Å². The fourth-order valence-electron chi connectivity index (χ4n) is 4.91. The van der Waals surface area contributed by atoms with Crippen molar-refractivity contribution in [2.45, 2.75) is 82.8 Å². The number of hydrogen-bond donors (Lipinski definition) is 1. The summed E-state index contributed by atoms with van der Waals surface area (Å²) in [5.41, 5.74) is -1.37. The van der Waals surface area contributed by atoms with Crippen LogP contribution in [0.5, 0.6) is 0 Å². The van der Waals surface area contributed by atoms with Crippen LogP contribution in [0.2, 0.25) is 0 Å². The van der Waals surface area contributed by atoms with Crippen molar-refractivity contribution in [3.63, 3.8) is 0 Å². The van der Waals surface area contributed by atoms with Crippen LogP contribution in [0.25, 0.3) is 0 Å². The highest BCUT2D eigenvalue weighted by molar-refractivity contribution is 5.84. The van der Waals surface area contributed by atoms with Gasteiger partial charge >= 0.3 is 5.97 Å². The summed E-state index contributed by atoms with van der Waals surface area (Å²) in [7, 11) is 0. The molecule has 24 heavy (non-hydrogen) atoms. The molecule has 3 rings (SSSR count). The van der Waals surface area contributed by atoms with Crippen molar-refractivity contribution in [2.75, 3.05) is 13.2 Å². The Bertz CT molecular complexity index is 472. The summed E-state index contributed by atoms with van der Waals surface area (Å²) in [6, 6.07) is 0.312. The molecule has 1 saturated heterocycles. The SMILES string of the molecule is CC1CCN(C(=O)COC(=O)C2(O)CCCCC2)C2CCCCC12. The molecule has 136 valence electrons. The van der Waals surface area contributed by atoms with E-state index in [1.165, 1.54) is 19.3 Å². The van der Waals surface area contributed by atoms with Gasteiger partial charge in [-0.1, -0.05) is 26.2 Å². The Kier molecular flexibility index (Phi) is 5.48. The number of amides is 1. The van der Waals surface area contributed by atoms with E-state index in [1.807, 2.05) is 4.90 Å². The summed E-state index contributed by atoms with van der Waals surface area (Å²) in [6.07, 6.45) is 9.37. The molecule has 1 heterocycles. The third-order valence-corrected chi connectivity index (χ3v) is 6.45. The van der Waals surface area contributed by atoms with Gasteiger partial charge in [0.25, 0.3) is 5.91 Å². The highest BCUT2D eigenvalue weighted by atomic mass is 16.6. The highest BCUT2D eigenvalue weighted by Gasteiger charge is 2.41. The maximum atomic E-state index is 12.6. The first-order valence-electron chi connectivity index (χ1n) is 9.70. The standard InChI is InChI=1S/C19H31NO4/c1-14-9-12-20(16-8-4-3-7-15(14)16)17(21)13-24-18(22)19(23)10-5-2-6-11-19/h14-16,23H,2-13H2,1H3. The molecule has 2 aliphatic carbocycles. The zero-order valence-electron chi connectivity index (χ0n) is 14.8. The number of carbonyl (C=O) groups is 2. The lowest BCUT2D eigenvalue weighted by Crippen LogP contribution is -2.53. The molecule has 0 bridgehead atoms. The van der Waals surface area contributed by atoms with Crippen LogP contribution in [0.3, 0.4) is 0 Å². The first-order valence-corrected chi connectivity index (χ1v) is 9.70. The summed E-state index contributed by atoms with van der Waals surface area (Å²) < 4.78 is 5.23. The second-order valence-electron chi connectivity index (χ2n) is 8.04. The van der Waals surface area contributed by atoms with Crippen LogP contribution in [0.15, 0.2) is 0 Å². The molecule has 0 aromatic carbocycles. The van der Waals surface area contributed by atoms with Gasteiger partial charge in [0.2, 0.25) is 0 Å². The molecule has 0 radical (unpaired) electrons. The molecule has 5 heteroatoms. The largest absolute Gasteiger partial charge is 0.453 e. The Labute approximate surface area is 144 Å². The molecule has 0 aromatic heterocycles. The zero-order valence-corrected chi connectivity index (χ0v) is 14.8. The molecule has 0 spiro atoms. The maximum absolute atomic E-state index is 12.6. The van der Waals surface area contributed by atoms with Gasteiger partial charge in [0.15, 0.2) is 12.2 Å². The number of ether oxygens (including phenoxy) is 1. The van der Waals surface area contributed by atoms with E-state index < -0.39 is 11.6 Å². The van der Waals surface area contributed by atoms with E-state index in [0.717, 1.165) is 38.6 Å². The predicted molar refractivity (Wildman–Crippen MR) is 90.2 cm³/mol. The summed E-state index contributed by atoms with van der Waals surface area (Å²) in [6.45, 7) is 2.84. The number of piperidine rings is 1. The van der Waals surface area contributed by atoms with Gasteiger partial charge < -0.3 is 14.7 Å². The molecule has 3 aliphatic rings. The second kappa shape index (κ2) is 7.42. The number of hydrogen-bond acceptors (Lipinski definition) is 4. The van der Waals surface area contributed by atoms with Gasteiger partial charge in [-0.3, -0.25) is 4.79 Å². The monoisotopic (exact) mass is 337 g/mol. The van der Waals surface area contributed by atoms with Gasteiger partial charge in [0.05, 0.1) is 0 Å². The molecule has 2 saturated carbocycles. The van der Waals surface area contributed by atoms with Crippen molar-refractivity contribution in [1.82, 2.24) is 4.90 Å². The van der Waals surface area contributed by atoms with Crippen LogP contribution < -0.4 is 0 Å². The van der Waals surface area contributed by atoms with Gasteiger partial charge in [-0.15, -0.1) is 0 Å². The first kappa shape index (κ1) is 17.7. The van der Waals surface area contributed by atoms with Crippen LogP contribution in [0, 0.1) is 11.8 Å². The van der Waals surface area contributed by atoms with Crippen molar-refractivity contribution in [3.8, 4) is 0 Å². The maximum Gasteiger partial charge on any atom is 0.338 e. The quantitative estimate of drug-likeness (QED) is 0.804. The molecule has 5 nitrogen and oxygen atoms in total. The topological polar surface area (TPSA) is 66.8 Å². The van der Waals surface area contributed by atoms with Crippen LogP contribution in [-0.2, 0) is 14.3 Å². The van der Waals surface area contributed by atoms with Crippen LogP contribution >= 0.6 is 0 Å². The number of nitrogens with zero attached hydrogens (tertiary/aromatic N) is 1. The summed E-state index contributed by atoms with van der Waals surface area (Å²) in [4.78, 5) is 26.8.